The number of nitrogens with zero attached hydrogens (tertiary/aromatic N) is 7. The molecule has 11 nitrogen and oxygen atoms in total. The molecule has 0 saturated carbocycles. The Morgan fingerprint density at radius 1 is 1.09 bits per heavy atom. The Morgan fingerprint density at radius 3 is 2.72 bits per heavy atom. The van der Waals surface area contributed by atoms with Crippen molar-refractivity contribution in [1.82, 2.24) is 39.5 Å². The lowest BCUT2D eigenvalue weighted by Gasteiger charge is -2.17. The zero-order valence-electron chi connectivity index (χ0n) is 25.7. The second-order valence-electron chi connectivity index (χ2n) is 11.7. The zero-order chi connectivity index (χ0) is 31.9. The van der Waals surface area contributed by atoms with Gasteiger partial charge in [-0.05, 0) is 99.6 Å². The van der Waals surface area contributed by atoms with E-state index in [0.29, 0.717) is 35.4 Å². The summed E-state index contributed by atoms with van der Waals surface area (Å²) in [6.45, 7) is 2.36. The van der Waals surface area contributed by atoms with Crippen molar-refractivity contribution >= 4 is 23.4 Å². The van der Waals surface area contributed by atoms with Crippen LogP contribution < -0.4 is 5.32 Å². The third-order valence-electron chi connectivity index (χ3n) is 8.34. The molecule has 0 aliphatic heterocycles. The van der Waals surface area contributed by atoms with E-state index in [4.69, 9.17) is 9.97 Å². The lowest BCUT2D eigenvalue weighted by Crippen LogP contribution is -2.27. The number of aldehydes is 1. The summed E-state index contributed by atoms with van der Waals surface area (Å²) >= 11 is 0. The molecule has 1 atom stereocenters. The van der Waals surface area contributed by atoms with Gasteiger partial charge in [0.2, 0.25) is 0 Å². The summed E-state index contributed by atoms with van der Waals surface area (Å²) in [5.74, 6) is 1.02. The minimum atomic E-state index is -0.296. The molecule has 2 aromatic carbocycles. The summed E-state index contributed by atoms with van der Waals surface area (Å²) in [7, 11) is 3.72. The van der Waals surface area contributed by atoms with Gasteiger partial charge >= 0.3 is 0 Å². The number of carbonyl (C=O) groups is 2. The summed E-state index contributed by atoms with van der Waals surface area (Å²) in [5.41, 5.74) is 7.22. The van der Waals surface area contributed by atoms with E-state index >= 15 is 0 Å². The number of hydrogen-bond donors (Lipinski definition) is 2. The number of aryl methyl sites for hydroxylation is 2. The first-order chi connectivity index (χ1) is 22.3. The number of amides is 1. The van der Waals surface area contributed by atoms with Crippen LogP contribution >= 0.6 is 0 Å². The zero-order valence-corrected chi connectivity index (χ0v) is 25.7. The molecule has 7 rings (SSSR count). The third-order valence-corrected chi connectivity index (χ3v) is 8.34. The minimum Gasteiger partial charge on any atom is -0.507 e. The Balaban J connectivity index is 1.25. The van der Waals surface area contributed by atoms with Gasteiger partial charge < -0.3 is 15.3 Å². The molecule has 2 N–H and O–H groups in total. The number of benzene rings is 2. The van der Waals surface area contributed by atoms with Crippen molar-refractivity contribution in [2.24, 2.45) is 0 Å². The molecule has 1 amide bonds. The number of hydrogen-bond acceptors (Lipinski definition) is 8. The number of pyridine rings is 2. The summed E-state index contributed by atoms with van der Waals surface area (Å²) in [6, 6.07) is 18.7. The molecule has 1 unspecified atom stereocenters. The molecule has 11 heteroatoms. The molecule has 6 aromatic rings. The molecule has 0 fully saturated rings. The van der Waals surface area contributed by atoms with E-state index in [1.54, 1.807) is 23.1 Å². The van der Waals surface area contributed by atoms with Gasteiger partial charge in [-0.25, -0.2) is 14.6 Å². The van der Waals surface area contributed by atoms with E-state index in [9.17, 15) is 14.7 Å². The number of fused-ring (bicyclic) bond motifs is 2. The van der Waals surface area contributed by atoms with Crippen LogP contribution in [0.1, 0.15) is 55.6 Å². The molecule has 0 spiro atoms. The number of nitrogens with one attached hydrogen (secondary N) is 1. The molecule has 1 aliphatic carbocycles. The number of aromatic nitrogens is 6. The first kappa shape index (κ1) is 29.1. The normalized spacial score (nSPS) is 14.1. The van der Waals surface area contributed by atoms with Gasteiger partial charge in [0.05, 0.1) is 11.6 Å². The fraction of sp³-hybridized carbons (Fsp3) is 0.200. The molecule has 0 bridgehead atoms. The maximum absolute atomic E-state index is 13.4. The minimum absolute atomic E-state index is 0.0949. The highest BCUT2D eigenvalue weighted by molar-refractivity contribution is 5.97. The molecular weight excluding hydrogens is 580 g/mol. The van der Waals surface area contributed by atoms with Crippen LogP contribution in [0, 0.1) is 6.92 Å². The van der Waals surface area contributed by atoms with Crippen molar-refractivity contribution in [2.75, 3.05) is 14.1 Å². The predicted molar refractivity (Wildman–Crippen MR) is 173 cm³/mol. The van der Waals surface area contributed by atoms with Gasteiger partial charge in [-0.2, -0.15) is 5.10 Å². The Bertz CT molecular complexity index is 2120. The maximum Gasteiger partial charge on any atom is 0.251 e. The summed E-state index contributed by atoms with van der Waals surface area (Å²) < 4.78 is 3.78. The molecule has 46 heavy (non-hydrogen) atoms. The summed E-state index contributed by atoms with van der Waals surface area (Å²) in [5, 5.41) is 18.0. The Kier molecular flexibility index (Phi) is 7.37. The van der Waals surface area contributed by atoms with Gasteiger partial charge in [0.15, 0.2) is 17.8 Å². The van der Waals surface area contributed by atoms with Crippen molar-refractivity contribution in [3.05, 3.63) is 113 Å². The topological polar surface area (TPSA) is 131 Å². The van der Waals surface area contributed by atoms with Crippen LogP contribution in [0.3, 0.4) is 0 Å². The van der Waals surface area contributed by atoms with E-state index in [0.717, 1.165) is 52.3 Å². The Hall–Kier alpha value is -5.68. The van der Waals surface area contributed by atoms with Crippen LogP contribution in [-0.4, -0.2) is 65.6 Å². The summed E-state index contributed by atoms with van der Waals surface area (Å²) in [6.07, 6.45) is 7.42. The van der Waals surface area contributed by atoms with Crippen LogP contribution in [0.15, 0.2) is 79.3 Å². The van der Waals surface area contributed by atoms with E-state index in [-0.39, 0.29) is 23.3 Å². The lowest BCUT2D eigenvalue weighted by atomic mass is 10.0. The average molecular weight is 613 g/mol. The highest BCUT2D eigenvalue weighted by atomic mass is 16.3. The molecule has 4 aromatic heterocycles. The third kappa shape index (κ3) is 5.20. The Morgan fingerprint density at radius 2 is 1.96 bits per heavy atom. The maximum atomic E-state index is 13.4. The van der Waals surface area contributed by atoms with Crippen molar-refractivity contribution in [3.8, 4) is 28.6 Å². The van der Waals surface area contributed by atoms with Crippen molar-refractivity contribution < 1.29 is 14.7 Å². The van der Waals surface area contributed by atoms with Crippen molar-refractivity contribution in [3.63, 3.8) is 0 Å². The lowest BCUT2D eigenvalue weighted by molar-refractivity contribution is 0.0936. The number of rotatable bonds is 8. The molecular formula is C35H32N8O3. The van der Waals surface area contributed by atoms with E-state index in [1.165, 1.54) is 6.07 Å². The van der Waals surface area contributed by atoms with Gasteiger partial charge in [0, 0.05) is 53.2 Å². The van der Waals surface area contributed by atoms with Crippen LogP contribution in [0.5, 0.6) is 5.75 Å². The molecule has 4 heterocycles. The largest absolute Gasteiger partial charge is 0.507 e. The molecule has 0 radical (unpaired) electrons. The van der Waals surface area contributed by atoms with Crippen molar-refractivity contribution in [1.29, 1.82) is 0 Å². The average Bonchev–Trinajstić information content (AvgIpc) is 3.81. The van der Waals surface area contributed by atoms with Crippen molar-refractivity contribution in [2.45, 2.75) is 32.4 Å². The van der Waals surface area contributed by atoms with Gasteiger partial charge in [0.1, 0.15) is 17.1 Å². The van der Waals surface area contributed by atoms with Gasteiger partial charge in [0.25, 0.3) is 5.91 Å². The van der Waals surface area contributed by atoms with E-state index in [2.05, 4.69) is 32.1 Å². The van der Waals surface area contributed by atoms with Crippen LogP contribution in [0.25, 0.3) is 34.1 Å². The van der Waals surface area contributed by atoms with Crippen LogP contribution in [0.2, 0.25) is 0 Å². The summed E-state index contributed by atoms with van der Waals surface area (Å²) in [4.78, 5) is 41.4. The van der Waals surface area contributed by atoms with Gasteiger partial charge in [-0.3, -0.25) is 19.1 Å². The quantitative estimate of drug-likeness (QED) is 0.230. The standard InChI is InChI=1S/C35H32N8O3/c1-21-27(6-4-13-36-21)33-38-30-11-12-31(42-15-5-14-37-42)40-34(30)43(33)26-8-9-28-22(18-26)7-10-29(28)39-35(46)23-16-24(19-41(2)3)32(45)25(17-23)20-44/h4-6,8-9,11-18,20,29,45H,7,10,19H2,1-3H3,(H,39,46). The number of carbonyl (C=O) groups excluding carboxylic acids is 2. The van der Waals surface area contributed by atoms with Crippen LogP contribution in [-0.2, 0) is 13.0 Å². The second kappa shape index (κ2) is 11.7. The smallest absolute Gasteiger partial charge is 0.251 e. The highest BCUT2D eigenvalue weighted by Crippen LogP contribution is 2.36. The predicted octanol–water partition coefficient (Wildman–Crippen LogP) is 4.97. The van der Waals surface area contributed by atoms with Crippen LogP contribution in [0.4, 0.5) is 0 Å². The number of phenolic OH excluding ortho intramolecular Hbond substituents is 1. The number of aromatic hydroxyl groups is 1. The van der Waals surface area contributed by atoms with Gasteiger partial charge in [-0.1, -0.05) is 6.07 Å². The molecule has 1 aliphatic rings. The highest BCUT2D eigenvalue weighted by Gasteiger charge is 2.27. The number of imidazole rings is 1. The fourth-order valence-electron chi connectivity index (χ4n) is 6.16. The van der Waals surface area contributed by atoms with E-state index < -0.39 is 0 Å². The fourth-order valence-corrected chi connectivity index (χ4v) is 6.16. The second-order valence-corrected chi connectivity index (χ2v) is 11.7. The number of phenols is 1. The SMILES string of the molecule is Cc1ncccc1-c1nc2ccc(-n3cccn3)nc2n1-c1ccc2c(c1)CCC2NC(=O)c1cc(C=O)c(O)c(CN(C)C)c1. The van der Waals surface area contributed by atoms with Gasteiger partial charge in [-0.15, -0.1) is 0 Å². The first-order valence-electron chi connectivity index (χ1n) is 15.0. The Labute approximate surface area is 265 Å². The molecule has 230 valence electrons. The first-order valence-corrected chi connectivity index (χ1v) is 15.0. The van der Waals surface area contributed by atoms with E-state index in [1.807, 2.05) is 68.5 Å². The molecule has 0 saturated heterocycles. The monoisotopic (exact) mass is 612 g/mol.